The van der Waals surface area contributed by atoms with Crippen molar-refractivity contribution in [2.45, 2.75) is 27.2 Å². The van der Waals surface area contributed by atoms with E-state index < -0.39 is 0 Å². The van der Waals surface area contributed by atoms with E-state index in [0.29, 0.717) is 22.6 Å². The summed E-state index contributed by atoms with van der Waals surface area (Å²) in [4.78, 5) is 0. The molecule has 18 heavy (non-hydrogen) atoms. The molecule has 0 aromatic heterocycles. The molecular formula is C14H24N2O2. The number of anilines is 2. The number of ether oxygens (including phenoxy) is 2. The third-order valence-electron chi connectivity index (χ3n) is 2.75. The van der Waals surface area contributed by atoms with Crippen molar-refractivity contribution in [2.24, 2.45) is 5.41 Å². The van der Waals surface area contributed by atoms with Crippen LogP contribution in [0.3, 0.4) is 0 Å². The van der Waals surface area contributed by atoms with Gasteiger partial charge in [-0.2, -0.15) is 0 Å². The van der Waals surface area contributed by atoms with Crippen LogP contribution in [0.15, 0.2) is 12.1 Å². The predicted octanol–water partition coefficient (Wildman–Crippen LogP) is 3.13. The standard InChI is InChI=1S/C14H24N2O2/c1-14(2,3)6-7-16-11-9-13(18-5)12(17-4)8-10(11)15/h8-9,16H,6-7,15H2,1-5H3. The molecule has 4 nitrogen and oxygen atoms in total. The summed E-state index contributed by atoms with van der Waals surface area (Å²) in [6.07, 6.45) is 1.07. The summed E-state index contributed by atoms with van der Waals surface area (Å²) in [6.45, 7) is 7.52. The molecule has 0 heterocycles. The van der Waals surface area contributed by atoms with Gasteiger partial charge in [-0.25, -0.2) is 0 Å². The lowest BCUT2D eigenvalue weighted by Crippen LogP contribution is -2.13. The lowest BCUT2D eigenvalue weighted by atomic mass is 9.92. The Morgan fingerprint density at radius 3 is 2.17 bits per heavy atom. The molecule has 0 radical (unpaired) electrons. The van der Waals surface area contributed by atoms with Gasteiger partial charge < -0.3 is 20.5 Å². The Bertz CT molecular complexity index is 398. The van der Waals surface area contributed by atoms with Gasteiger partial charge in [-0.15, -0.1) is 0 Å². The Morgan fingerprint density at radius 2 is 1.67 bits per heavy atom. The normalized spacial score (nSPS) is 11.2. The van der Waals surface area contributed by atoms with Gasteiger partial charge in [0.05, 0.1) is 25.6 Å². The SMILES string of the molecule is COc1cc(N)c(NCCC(C)(C)C)cc1OC. The first-order chi connectivity index (χ1) is 8.37. The Hall–Kier alpha value is -1.58. The van der Waals surface area contributed by atoms with Crippen LogP contribution in [0.5, 0.6) is 11.5 Å². The van der Waals surface area contributed by atoms with E-state index in [1.54, 1.807) is 20.3 Å². The average Bonchev–Trinajstić information content (AvgIpc) is 2.29. The summed E-state index contributed by atoms with van der Waals surface area (Å²) in [6, 6.07) is 3.65. The van der Waals surface area contributed by atoms with Gasteiger partial charge in [-0.3, -0.25) is 0 Å². The van der Waals surface area contributed by atoms with Crippen molar-refractivity contribution in [2.75, 3.05) is 31.8 Å². The fourth-order valence-electron chi connectivity index (χ4n) is 1.62. The molecule has 1 aromatic carbocycles. The van der Waals surface area contributed by atoms with Gasteiger partial charge in [0.25, 0.3) is 0 Å². The second-order valence-electron chi connectivity index (χ2n) is 5.53. The molecule has 0 fully saturated rings. The zero-order valence-electron chi connectivity index (χ0n) is 12.0. The van der Waals surface area contributed by atoms with Crippen LogP contribution in [0.2, 0.25) is 0 Å². The lowest BCUT2D eigenvalue weighted by Gasteiger charge is -2.19. The number of nitrogen functional groups attached to an aromatic ring is 1. The first kappa shape index (κ1) is 14.5. The molecule has 3 N–H and O–H groups in total. The van der Waals surface area contributed by atoms with Crippen LogP contribution in [0.4, 0.5) is 11.4 Å². The van der Waals surface area contributed by atoms with Gasteiger partial charge in [-0.05, 0) is 11.8 Å². The number of nitrogens with one attached hydrogen (secondary N) is 1. The van der Waals surface area contributed by atoms with Crippen LogP contribution in [-0.4, -0.2) is 20.8 Å². The number of hydrogen-bond donors (Lipinski definition) is 2. The average molecular weight is 252 g/mol. The summed E-state index contributed by atoms with van der Waals surface area (Å²) in [5.41, 5.74) is 7.83. The molecule has 0 atom stereocenters. The van der Waals surface area contributed by atoms with E-state index in [1.165, 1.54) is 0 Å². The molecule has 0 aliphatic rings. The second kappa shape index (κ2) is 5.85. The molecule has 0 saturated heterocycles. The van der Waals surface area contributed by atoms with Gasteiger partial charge in [0.15, 0.2) is 11.5 Å². The summed E-state index contributed by atoms with van der Waals surface area (Å²) < 4.78 is 10.5. The Balaban J connectivity index is 2.77. The van der Waals surface area contributed by atoms with E-state index in [4.69, 9.17) is 15.2 Å². The van der Waals surface area contributed by atoms with Gasteiger partial charge in [0.2, 0.25) is 0 Å². The minimum atomic E-state index is 0.304. The van der Waals surface area contributed by atoms with Crippen LogP contribution in [0.1, 0.15) is 27.2 Å². The number of benzene rings is 1. The molecule has 0 unspecified atom stereocenters. The van der Waals surface area contributed by atoms with Crippen molar-refractivity contribution in [1.29, 1.82) is 0 Å². The third-order valence-corrected chi connectivity index (χ3v) is 2.75. The van der Waals surface area contributed by atoms with Gasteiger partial charge >= 0.3 is 0 Å². The molecule has 102 valence electrons. The number of rotatable bonds is 5. The zero-order chi connectivity index (χ0) is 13.8. The summed E-state index contributed by atoms with van der Waals surface area (Å²) in [5, 5.41) is 3.33. The minimum Gasteiger partial charge on any atom is -0.493 e. The molecule has 1 rings (SSSR count). The van der Waals surface area contributed by atoms with Crippen molar-refractivity contribution in [3.63, 3.8) is 0 Å². The van der Waals surface area contributed by atoms with Crippen LogP contribution >= 0.6 is 0 Å². The Labute approximate surface area is 109 Å². The highest BCUT2D eigenvalue weighted by molar-refractivity contribution is 5.72. The maximum Gasteiger partial charge on any atom is 0.162 e. The number of methoxy groups -OCH3 is 2. The van der Waals surface area contributed by atoms with Crippen molar-refractivity contribution < 1.29 is 9.47 Å². The Morgan fingerprint density at radius 1 is 1.11 bits per heavy atom. The van der Waals surface area contributed by atoms with E-state index in [9.17, 15) is 0 Å². The highest BCUT2D eigenvalue weighted by atomic mass is 16.5. The predicted molar refractivity (Wildman–Crippen MR) is 76.5 cm³/mol. The molecule has 0 aliphatic carbocycles. The highest BCUT2D eigenvalue weighted by Gasteiger charge is 2.11. The van der Waals surface area contributed by atoms with Gasteiger partial charge in [0.1, 0.15) is 0 Å². The van der Waals surface area contributed by atoms with Crippen molar-refractivity contribution in [1.82, 2.24) is 0 Å². The molecule has 1 aromatic rings. The topological polar surface area (TPSA) is 56.5 Å². The molecule has 0 aliphatic heterocycles. The molecular weight excluding hydrogens is 228 g/mol. The molecule has 0 amide bonds. The molecule has 0 spiro atoms. The van der Waals surface area contributed by atoms with Crippen molar-refractivity contribution >= 4 is 11.4 Å². The summed E-state index contributed by atoms with van der Waals surface area (Å²) >= 11 is 0. The van der Waals surface area contributed by atoms with E-state index in [1.807, 2.05) is 6.07 Å². The molecule has 0 bridgehead atoms. The largest absolute Gasteiger partial charge is 0.493 e. The molecule has 4 heteroatoms. The smallest absolute Gasteiger partial charge is 0.162 e. The maximum absolute atomic E-state index is 5.97. The highest BCUT2D eigenvalue weighted by Crippen LogP contribution is 2.35. The van der Waals surface area contributed by atoms with Crippen LogP contribution in [-0.2, 0) is 0 Å². The van der Waals surface area contributed by atoms with E-state index >= 15 is 0 Å². The monoisotopic (exact) mass is 252 g/mol. The maximum atomic E-state index is 5.97. The molecule has 0 saturated carbocycles. The van der Waals surface area contributed by atoms with Crippen molar-refractivity contribution in [3.05, 3.63) is 12.1 Å². The van der Waals surface area contributed by atoms with E-state index in [2.05, 4.69) is 26.1 Å². The minimum absolute atomic E-state index is 0.304. The first-order valence-electron chi connectivity index (χ1n) is 6.13. The van der Waals surface area contributed by atoms with E-state index in [-0.39, 0.29) is 0 Å². The van der Waals surface area contributed by atoms with Gasteiger partial charge in [0, 0.05) is 18.7 Å². The first-order valence-corrected chi connectivity index (χ1v) is 6.13. The summed E-state index contributed by atoms with van der Waals surface area (Å²) in [7, 11) is 3.22. The Kier molecular flexibility index (Phi) is 4.70. The quantitative estimate of drug-likeness (QED) is 0.790. The third kappa shape index (κ3) is 4.02. The van der Waals surface area contributed by atoms with E-state index in [0.717, 1.165) is 18.7 Å². The lowest BCUT2D eigenvalue weighted by molar-refractivity contribution is 0.355. The van der Waals surface area contributed by atoms with Crippen molar-refractivity contribution in [3.8, 4) is 11.5 Å². The second-order valence-corrected chi connectivity index (χ2v) is 5.53. The van der Waals surface area contributed by atoms with Crippen LogP contribution in [0, 0.1) is 5.41 Å². The fourth-order valence-corrected chi connectivity index (χ4v) is 1.62. The van der Waals surface area contributed by atoms with Crippen LogP contribution in [0.25, 0.3) is 0 Å². The van der Waals surface area contributed by atoms with Gasteiger partial charge in [-0.1, -0.05) is 20.8 Å². The number of nitrogens with two attached hydrogens (primary N) is 1. The van der Waals surface area contributed by atoms with Crippen LogP contribution < -0.4 is 20.5 Å². The fraction of sp³-hybridized carbons (Fsp3) is 0.571. The number of hydrogen-bond acceptors (Lipinski definition) is 4. The summed E-state index contributed by atoms with van der Waals surface area (Å²) in [5.74, 6) is 1.33. The zero-order valence-corrected chi connectivity index (χ0v) is 12.0.